The molecule has 4 heteroatoms. The van der Waals surface area contributed by atoms with Crippen LogP contribution in [0.2, 0.25) is 0 Å². The second-order valence-corrected chi connectivity index (χ2v) is 3.91. The van der Waals surface area contributed by atoms with Crippen LogP contribution < -0.4 is 9.47 Å². The Morgan fingerprint density at radius 1 is 1.41 bits per heavy atom. The lowest BCUT2D eigenvalue weighted by Gasteiger charge is -2.05. The van der Waals surface area contributed by atoms with E-state index in [1.54, 1.807) is 6.08 Å². The maximum absolute atomic E-state index is 10.3. The summed E-state index contributed by atoms with van der Waals surface area (Å²) in [6.07, 6.45) is 4.33. The number of carbonyl (C=O) groups is 1. The Labute approximate surface area is 99.5 Å². The van der Waals surface area contributed by atoms with Crippen molar-refractivity contribution in [3.8, 4) is 11.5 Å². The van der Waals surface area contributed by atoms with E-state index in [4.69, 9.17) is 14.6 Å². The van der Waals surface area contributed by atoms with Gasteiger partial charge < -0.3 is 14.6 Å². The topological polar surface area (TPSA) is 55.8 Å². The average Bonchev–Trinajstić information content (AvgIpc) is 2.71. The summed E-state index contributed by atoms with van der Waals surface area (Å²) >= 11 is 0. The van der Waals surface area contributed by atoms with Crippen LogP contribution in [0.5, 0.6) is 11.5 Å². The lowest BCUT2D eigenvalue weighted by atomic mass is 10.0. The SMILES string of the molecule is Cc1cc2c(cc1CC/C=C/C(=O)O)OCO2. The van der Waals surface area contributed by atoms with Crippen LogP contribution >= 0.6 is 0 Å². The number of hydrogen-bond donors (Lipinski definition) is 1. The average molecular weight is 234 g/mol. The smallest absolute Gasteiger partial charge is 0.327 e. The lowest BCUT2D eigenvalue weighted by molar-refractivity contribution is -0.131. The number of carboxylic acids is 1. The number of carboxylic acid groups (broad SMARTS) is 1. The fraction of sp³-hybridized carbons (Fsp3) is 0.308. The molecule has 0 saturated carbocycles. The van der Waals surface area contributed by atoms with Crippen LogP contribution in [0.4, 0.5) is 0 Å². The Morgan fingerprint density at radius 3 is 2.82 bits per heavy atom. The van der Waals surface area contributed by atoms with Crippen molar-refractivity contribution >= 4 is 5.97 Å². The minimum absolute atomic E-state index is 0.275. The first-order valence-corrected chi connectivity index (χ1v) is 5.45. The third kappa shape index (κ3) is 2.78. The van der Waals surface area contributed by atoms with E-state index in [1.807, 2.05) is 19.1 Å². The van der Waals surface area contributed by atoms with Crippen LogP contribution in [0.1, 0.15) is 17.5 Å². The molecule has 1 aromatic rings. The van der Waals surface area contributed by atoms with E-state index in [2.05, 4.69) is 0 Å². The molecule has 0 saturated heterocycles. The summed E-state index contributed by atoms with van der Waals surface area (Å²) in [5.41, 5.74) is 2.29. The molecule has 90 valence electrons. The summed E-state index contributed by atoms with van der Waals surface area (Å²) in [5, 5.41) is 8.47. The van der Waals surface area contributed by atoms with Gasteiger partial charge in [0.1, 0.15) is 0 Å². The largest absolute Gasteiger partial charge is 0.478 e. The van der Waals surface area contributed by atoms with Gasteiger partial charge in [-0.1, -0.05) is 6.08 Å². The number of benzene rings is 1. The van der Waals surface area contributed by atoms with Gasteiger partial charge in [-0.2, -0.15) is 0 Å². The van der Waals surface area contributed by atoms with Gasteiger partial charge in [0.25, 0.3) is 0 Å². The molecule has 0 radical (unpaired) electrons. The van der Waals surface area contributed by atoms with Crippen molar-refractivity contribution in [3.05, 3.63) is 35.4 Å². The molecular formula is C13H14O4. The molecule has 2 rings (SSSR count). The summed E-state index contributed by atoms with van der Waals surface area (Å²) in [5.74, 6) is 0.646. The molecule has 4 nitrogen and oxygen atoms in total. The third-order valence-corrected chi connectivity index (χ3v) is 2.67. The van der Waals surface area contributed by atoms with Gasteiger partial charge in [0.2, 0.25) is 6.79 Å². The third-order valence-electron chi connectivity index (χ3n) is 2.67. The number of aliphatic carboxylic acids is 1. The fourth-order valence-electron chi connectivity index (χ4n) is 1.78. The van der Waals surface area contributed by atoms with Crippen LogP contribution in [-0.2, 0) is 11.2 Å². The van der Waals surface area contributed by atoms with E-state index >= 15 is 0 Å². The zero-order valence-electron chi connectivity index (χ0n) is 9.60. The highest BCUT2D eigenvalue weighted by atomic mass is 16.7. The number of fused-ring (bicyclic) bond motifs is 1. The van der Waals surface area contributed by atoms with E-state index in [0.29, 0.717) is 6.42 Å². The van der Waals surface area contributed by atoms with Crippen molar-refractivity contribution in [2.45, 2.75) is 19.8 Å². The van der Waals surface area contributed by atoms with Gasteiger partial charge >= 0.3 is 5.97 Å². The van der Waals surface area contributed by atoms with Crippen LogP contribution in [0.3, 0.4) is 0 Å². The molecular weight excluding hydrogens is 220 g/mol. The first-order chi connectivity index (χ1) is 8.16. The Morgan fingerprint density at radius 2 is 2.12 bits per heavy atom. The number of aryl methyl sites for hydroxylation is 2. The van der Waals surface area contributed by atoms with Crippen LogP contribution in [-0.4, -0.2) is 17.9 Å². The van der Waals surface area contributed by atoms with Crippen LogP contribution in [0.15, 0.2) is 24.3 Å². The first kappa shape index (κ1) is 11.5. The highest BCUT2D eigenvalue weighted by Crippen LogP contribution is 2.34. The molecule has 1 aromatic carbocycles. The number of rotatable bonds is 4. The molecule has 0 bridgehead atoms. The molecule has 0 fully saturated rings. The van der Waals surface area contributed by atoms with Gasteiger partial charge in [0, 0.05) is 6.08 Å². The minimum atomic E-state index is -0.910. The molecule has 17 heavy (non-hydrogen) atoms. The predicted molar refractivity (Wildman–Crippen MR) is 62.4 cm³/mol. The van der Waals surface area contributed by atoms with Crippen molar-refractivity contribution in [3.63, 3.8) is 0 Å². The first-order valence-electron chi connectivity index (χ1n) is 5.45. The molecule has 0 spiro atoms. The molecule has 0 aromatic heterocycles. The van der Waals surface area contributed by atoms with Gasteiger partial charge in [0.05, 0.1) is 0 Å². The van der Waals surface area contributed by atoms with Crippen molar-refractivity contribution in [2.24, 2.45) is 0 Å². The molecule has 1 heterocycles. The molecule has 1 aliphatic rings. The van der Waals surface area contributed by atoms with Gasteiger partial charge in [-0.3, -0.25) is 0 Å². The number of hydrogen-bond acceptors (Lipinski definition) is 3. The van der Waals surface area contributed by atoms with E-state index in [1.165, 1.54) is 6.08 Å². The van der Waals surface area contributed by atoms with E-state index in [-0.39, 0.29) is 6.79 Å². The molecule has 0 atom stereocenters. The van der Waals surface area contributed by atoms with Gasteiger partial charge in [-0.25, -0.2) is 4.79 Å². The molecule has 0 unspecified atom stereocenters. The predicted octanol–water partition coefficient (Wildman–Crippen LogP) is 2.30. The standard InChI is InChI=1S/C13H14O4/c1-9-6-11-12(17-8-16-11)7-10(9)4-2-3-5-13(14)15/h3,5-7H,2,4,8H2,1H3,(H,14,15)/b5-3+. The maximum atomic E-state index is 10.3. The number of allylic oxidation sites excluding steroid dienone is 1. The zero-order valence-corrected chi connectivity index (χ0v) is 9.60. The Bertz CT molecular complexity index is 463. The highest BCUT2D eigenvalue weighted by Gasteiger charge is 2.14. The van der Waals surface area contributed by atoms with Gasteiger partial charge in [-0.15, -0.1) is 0 Å². The second kappa shape index (κ2) is 4.91. The van der Waals surface area contributed by atoms with Crippen molar-refractivity contribution in [1.82, 2.24) is 0 Å². The monoisotopic (exact) mass is 234 g/mol. The summed E-state index contributed by atoms with van der Waals surface area (Å²) in [7, 11) is 0. The van der Waals surface area contributed by atoms with Gasteiger partial charge in [-0.05, 0) is 43.0 Å². The highest BCUT2D eigenvalue weighted by molar-refractivity contribution is 5.79. The Balaban J connectivity index is 2.04. The summed E-state index contributed by atoms with van der Waals surface area (Å²) in [6, 6.07) is 3.92. The summed E-state index contributed by atoms with van der Waals surface area (Å²) in [6.45, 7) is 2.29. The van der Waals surface area contributed by atoms with Crippen molar-refractivity contribution < 1.29 is 19.4 Å². The molecule has 1 N–H and O–H groups in total. The van der Waals surface area contributed by atoms with Crippen molar-refractivity contribution in [1.29, 1.82) is 0 Å². The number of ether oxygens (including phenoxy) is 2. The minimum Gasteiger partial charge on any atom is -0.478 e. The lowest BCUT2D eigenvalue weighted by Crippen LogP contribution is -1.93. The molecule has 0 aliphatic carbocycles. The van der Waals surface area contributed by atoms with Crippen molar-refractivity contribution in [2.75, 3.05) is 6.79 Å². The van der Waals surface area contributed by atoms with E-state index < -0.39 is 5.97 Å². The zero-order chi connectivity index (χ0) is 12.3. The summed E-state index contributed by atoms with van der Waals surface area (Å²) < 4.78 is 10.6. The Hall–Kier alpha value is -1.97. The second-order valence-electron chi connectivity index (χ2n) is 3.91. The van der Waals surface area contributed by atoms with Crippen LogP contribution in [0, 0.1) is 6.92 Å². The molecule has 1 aliphatic heterocycles. The maximum Gasteiger partial charge on any atom is 0.327 e. The van der Waals surface area contributed by atoms with Gasteiger partial charge in [0.15, 0.2) is 11.5 Å². The summed E-state index contributed by atoms with van der Waals surface area (Å²) in [4.78, 5) is 10.3. The van der Waals surface area contributed by atoms with Crippen LogP contribution in [0.25, 0.3) is 0 Å². The quantitative estimate of drug-likeness (QED) is 0.812. The normalized spacial score (nSPS) is 13.2. The molecule has 0 amide bonds. The van der Waals surface area contributed by atoms with E-state index in [0.717, 1.165) is 29.0 Å². The van der Waals surface area contributed by atoms with E-state index in [9.17, 15) is 4.79 Å². The fourth-order valence-corrected chi connectivity index (χ4v) is 1.78. The Kier molecular flexibility index (Phi) is 3.32.